The van der Waals surface area contributed by atoms with Crippen molar-refractivity contribution in [3.63, 3.8) is 0 Å². The lowest BCUT2D eigenvalue weighted by Gasteiger charge is -2.12. The van der Waals surface area contributed by atoms with Crippen molar-refractivity contribution >= 4 is 138 Å². The topological polar surface area (TPSA) is 199 Å². The molecule has 6 N–H and O–H groups in total. The van der Waals surface area contributed by atoms with E-state index < -0.39 is 0 Å². The van der Waals surface area contributed by atoms with E-state index >= 15 is 0 Å². The molecule has 0 aliphatic carbocycles. The summed E-state index contributed by atoms with van der Waals surface area (Å²) in [5.74, 6) is -0.681. The van der Waals surface area contributed by atoms with E-state index in [1.165, 1.54) is 11.1 Å². The van der Waals surface area contributed by atoms with Gasteiger partial charge >= 0.3 is 0 Å². The van der Waals surface area contributed by atoms with Gasteiger partial charge < -0.3 is 30.6 Å². The highest BCUT2D eigenvalue weighted by Crippen LogP contribution is 2.44. The van der Waals surface area contributed by atoms with Crippen molar-refractivity contribution in [3.8, 4) is 89.0 Å². The van der Waals surface area contributed by atoms with Crippen molar-refractivity contribution in [1.82, 2.24) is 49.8 Å². The van der Waals surface area contributed by atoms with Gasteiger partial charge in [-0.15, -0.1) is 0 Å². The normalized spacial score (nSPS) is 12.1. The molecule has 8 aromatic heterocycles. The molecule has 12 heterocycles. The number of anilines is 2. The summed E-state index contributed by atoms with van der Waals surface area (Å²) in [7, 11) is 0. The fraction of sp³-hybridized carbons (Fsp3) is 0.0556. The molecule has 4 aliphatic rings. The van der Waals surface area contributed by atoms with E-state index in [0.717, 1.165) is 201 Å². The minimum absolute atomic E-state index is 0.341. The average molecular weight is 1580 g/mol. The maximum absolute atomic E-state index is 14.8. The molecule has 0 saturated heterocycles. The number of nitrogens with one attached hydrogen (secondary N) is 6. The van der Waals surface area contributed by atoms with Crippen molar-refractivity contribution in [3.05, 3.63) is 369 Å². The van der Waals surface area contributed by atoms with Crippen molar-refractivity contribution in [1.29, 1.82) is 0 Å². The maximum atomic E-state index is 14.8. The lowest BCUT2D eigenvalue weighted by molar-refractivity contribution is 0.102. The number of pyridine rings is 2. The monoisotopic (exact) mass is 1570 g/mol. The standard InChI is InChI=1S/C108H78N12O2/c1-61-7-19-67(20-8-61)97-81-41-45-85(113-81)99(69-23-11-63(3)12-24-69)89-49-53-93(117-89)103(94-54-50-90(118-94)100(86-46-42-82(97)114-86)70-25-13-64(4)14-26-70)73-31-35-75(36-32-73)111-107(121)79-57-59-109-105-77(79)39-40-78-80(58-60-110-106(78)105)108(122)112-76-37-33-74(34-38-76)104-95-55-51-91(119-95)101(71-27-15-65(5)16-28-71)87-47-43-83(115-87)98(68-21-9-62(2)10-22-68)84-44-48-88(116-84)102(92-52-56-96(104)120-92)72-29-17-66(6)18-30-72/h7-60,113,115,118,120H,1-6H3,(H,111,121)(H,112,122). The van der Waals surface area contributed by atoms with Crippen molar-refractivity contribution in [2.45, 2.75) is 41.5 Å². The summed E-state index contributed by atoms with van der Waals surface area (Å²) in [6, 6.07) is 91.6. The Balaban J connectivity index is 0.611. The van der Waals surface area contributed by atoms with Crippen molar-refractivity contribution < 1.29 is 9.59 Å². The van der Waals surface area contributed by atoms with E-state index in [-0.39, 0.29) is 11.8 Å². The van der Waals surface area contributed by atoms with E-state index in [1.54, 1.807) is 24.5 Å². The number of nitrogens with zero attached hydrogens (tertiary/aromatic N) is 6. The Morgan fingerprint density at radius 2 is 0.402 bits per heavy atom. The summed E-state index contributed by atoms with van der Waals surface area (Å²) >= 11 is 0. The van der Waals surface area contributed by atoms with Crippen LogP contribution in [0.2, 0.25) is 0 Å². The molecule has 21 rings (SSSR count). The lowest BCUT2D eigenvalue weighted by atomic mass is 10.0. The minimum Gasteiger partial charge on any atom is -0.354 e. The molecular weight excluding hydrogens is 1500 g/mol. The molecule has 14 nitrogen and oxygen atoms in total. The number of fused-ring (bicyclic) bond motifs is 19. The lowest BCUT2D eigenvalue weighted by Crippen LogP contribution is -2.14. The third kappa shape index (κ3) is 13.6. The number of aromatic amines is 4. The number of benzene rings is 9. The van der Waals surface area contributed by atoms with Gasteiger partial charge in [-0.1, -0.05) is 215 Å². The van der Waals surface area contributed by atoms with E-state index in [2.05, 4.69) is 315 Å². The average Bonchev–Trinajstić information content (AvgIpc) is 1.64. The number of aryl methyl sites for hydroxylation is 6. The van der Waals surface area contributed by atoms with Crippen LogP contribution >= 0.6 is 0 Å². The first-order chi connectivity index (χ1) is 59.7. The summed E-state index contributed by atoms with van der Waals surface area (Å²) in [6.45, 7) is 12.6. The van der Waals surface area contributed by atoms with Crippen LogP contribution in [-0.4, -0.2) is 61.7 Å². The first-order valence-corrected chi connectivity index (χ1v) is 40.9. The summed E-state index contributed by atoms with van der Waals surface area (Å²) in [5, 5.41) is 7.55. The van der Waals surface area contributed by atoms with E-state index in [4.69, 9.17) is 29.9 Å². The van der Waals surface area contributed by atoms with Gasteiger partial charge in [0.05, 0.1) is 67.7 Å². The second-order valence-corrected chi connectivity index (χ2v) is 31.8. The van der Waals surface area contributed by atoms with Crippen molar-refractivity contribution in [2.75, 3.05) is 10.6 Å². The zero-order chi connectivity index (χ0) is 82.4. The number of hydrogen-bond acceptors (Lipinski definition) is 8. The van der Waals surface area contributed by atoms with E-state index in [0.29, 0.717) is 44.3 Å². The van der Waals surface area contributed by atoms with Gasteiger partial charge in [0.1, 0.15) is 0 Å². The summed E-state index contributed by atoms with van der Waals surface area (Å²) in [5.41, 5.74) is 38.9. The Kier molecular flexibility index (Phi) is 18.2. The number of rotatable bonds is 12. The Bertz CT molecular complexity index is 7170. The number of aromatic nitrogens is 10. The summed E-state index contributed by atoms with van der Waals surface area (Å²) in [4.78, 5) is 76.9. The molecule has 122 heavy (non-hydrogen) atoms. The number of amides is 2. The van der Waals surface area contributed by atoms with Gasteiger partial charge in [-0.25, -0.2) is 19.9 Å². The fourth-order valence-electron chi connectivity index (χ4n) is 17.2. The Labute approximate surface area is 703 Å². The van der Waals surface area contributed by atoms with Gasteiger partial charge in [0.2, 0.25) is 0 Å². The molecule has 14 heteroatoms. The van der Waals surface area contributed by atoms with Crippen molar-refractivity contribution in [2.24, 2.45) is 0 Å². The summed E-state index contributed by atoms with van der Waals surface area (Å²) < 4.78 is 0. The highest BCUT2D eigenvalue weighted by molar-refractivity contribution is 6.20. The van der Waals surface area contributed by atoms with Gasteiger partial charge in [0.25, 0.3) is 11.8 Å². The van der Waals surface area contributed by atoms with Gasteiger partial charge in [0, 0.05) is 123 Å². The molecule has 0 radical (unpaired) electrons. The molecule has 2 amide bonds. The second-order valence-electron chi connectivity index (χ2n) is 31.8. The maximum Gasteiger partial charge on any atom is 0.256 e. The van der Waals surface area contributed by atoms with Crippen LogP contribution in [0.5, 0.6) is 0 Å². The number of H-pyrrole nitrogens is 4. The zero-order valence-electron chi connectivity index (χ0n) is 67.7. The Morgan fingerprint density at radius 3 is 0.590 bits per heavy atom. The van der Waals surface area contributed by atoms with Gasteiger partial charge in [0.15, 0.2) is 0 Å². The third-order valence-corrected chi connectivity index (χ3v) is 23.5. The van der Waals surface area contributed by atoms with Crippen LogP contribution in [-0.2, 0) is 0 Å². The number of carbonyl (C=O) groups excluding carboxylic acids is 2. The van der Waals surface area contributed by atoms with Crippen LogP contribution in [0.3, 0.4) is 0 Å². The Morgan fingerprint density at radius 1 is 0.221 bits per heavy atom. The zero-order valence-corrected chi connectivity index (χ0v) is 67.7. The van der Waals surface area contributed by atoms with Gasteiger partial charge in [-0.3, -0.25) is 19.6 Å². The van der Waals surface area contributed by atoms with Gasteiger partial charge in [-0.2, -0.15) is 0 Å². The molecule has 9 aromatic carbocycles. The Hall–Kier alpha value is -16.1. The smallest absolute Gasteiger partial charge is 0.256 e. The molecule has 0 saturated carbocycles. The first kappa shape index (κ1) is 73.6. The minimum atomic E-state index is -0.341. The van der Waals surface area contributed by atoms with Crippen LogP contribution in [0, 0.1) is 41.5 Å². The molecule has 16 bridgehead atoms. The quantitative estimate of drug-likeness (QED) is 0.0649. The predicted octanol–water partition coefficient (Wildman–Crippen LogP) is 26.4. The fourth-order valence-corrected chi connectivity index (χ4v) is 17.2. The highest BCUT2D eigenvalue weighted by atomic mass is 16.2. The number of hydrogen-bond donors (Lipinski definition) is 6. The van der Waals surface area contributed by atoms with E-state index in [1.807, 2.05) is 60.7 Å². The molecule has 0 spiro atoms. The molecule has 0 atom stereocenters. The molecule has 17 aromatic rings. The van der Waals surface area contributed by atoms with Crippen LogP contribution in [0.1, 0.15) is 99.6 Å². The first-order valence-electron chi connectivity index (χ1n) is 40.9. The number of carbonyl (C=O) groups is 2. The van der Waals surface area contributed by atoms with Gasteiger partial charge in [-0.05, 0) is 220 Å². The molecule has 0 fully saturated rings. The molecule has 4 aliphatic heterocycles. The SMILES string of the molecule is Cc1ccc(-c2c3nc(c(-c4ccc(C)cc4)c4ccc([nH]4)c(-c4ccc(NC(=O)c5ccnc6c5ccc5c(C(=O)Nc7ccc(-c8c9nc(c(-c%10ccc(C)cc%10)c%10ccc([nH]%10)c(-c%10ccc(C)cc%10)c%10nc(c(-c%11ccc(C)cc%11)c%11ccc8[nH]%11)C=C%10)C=C9)cc7)ccnc56)cc4)c4nc(c(-c5ccc(C)cc5)c5ccc2[nH]5)C=C4)C=C3)cc1. The van der Waals surface area contributed by atoms with Crippen LogP contribution < -0.4 is 10.6 Å². The predicted molar refractivity (Wildman–Crippen MR) is 503 cm³/mol. The molecule has 582 valence electrons. The second kappa shape index (κ2) is 30.1. The van der Waals surface area contributed by atoms with Crippen LogP contribution in [0.4, 0.5) is 11.4 Å². The third-order valence-electron chi connectivity index (χ3n) is 23.5. The van der Waals surface area contributed by atoms with Crippen LogP contribution in [0.25, 0.3) is 204 Å². The molecular formula is C108H78N12O2. The largest absolute Gasteiger partial charge is 0.354 e. The van der Waals surface area contributed by atoms with E-state index in [9.17, 15) is 9.59 Å². The highest BCUT2D eigenvalue weighted by Gasteiger charge is 2.25. The van der Waals surface area contributed by atoms with Crippen LogP contribution in [0.15, 0.2) is 279 Å². The summed E-state index contributed by atoms with van der Waals surface area (Å²) in [6.07, 6.45) is 20.1. The molecule has 0 unspecified atom stereocenters.